The van der Waals surface area contributed by atoms with Gasteiger partial charge in [0, 0.05) is 12.7 Å². The topological polar surface area (TPSA) is 65.0 Å². The van der Waals surface area contributed by atoms with Crippen molar-refractivity contribution in [3.8, 4) is 5.75 Å². The summed E-state index contributed by atoms with van der Waals surface area (Å²) in [5, 5.41) is 9.63. The van der Waals surface area contributed by atoms with Crippen molar-refractivity contribution >= 4 is 5.97 Å². The van der Waals surface area contributed by atoms with Crippen LogP contribution < -0.4 is 4.74 Å². The van der Waals surface area contributed by atoms with Gasteiger partial charge in [-0.3, -0.25) is 0 Å². The number of rotatable bonds is 5. The molecule has 0 aromatic heterocycles. The number of halogens is 1. The van der Waals surface area contributed by atoms with E-state index < -0.39 is 17.9 Å². The Morgan fingerprint density at radius 1 is 1.39 bits per heavy atom. The Hall–Kier alpha value is -1.66. The van der Waals surface area contributed by atoms with E-state index in [0.717, 1.165) is 7.11 Å². The molecule has 1 aromatic rings. The molecule has 1 N–H and O–H groups in total. The van der Waals surface area contributed by atoms with E-state index in [9.17, 15) is 14.3 Å². The van der Waals surface area contributed by atoms with E-state index in [1.54, 1.807) is 0 Å². The number of ether oxygens (including phenoxy) is 3. The number of carbonyl (C=O) groups is 1. The van der Waals surface area contributed by atoms with Crippen LogP contribution in [0.1, 0.15) is 17.2 Å². The molecule has 0 aliphatic heterocycles. The highest BCUT2D eigenvalue weighted by molar-refractivity contribution is 5.76. The zero-order valence-corrected chi connectivity index (χ0v) is 10.4. The zero-order chi connectivity index (χ0) is 13.7. The van der Waals surface area contributed by atoms with E-state index in [0.29, 0.717) is 0 Å². The predicted octanol–water partition coefficient (Wildman–Crippen LogP) is 1.19. The summed E-state index contributed by atoms with van der Waals surface area (Å²) in [6.07, 6.45) is -1.67. The van der Waals surface area contributed by atoms with Gasteiger partial charge in [-0.1, -0.05) is 0 Å². The molecular weight excluding hydrogens is 243 g/mol. The van der Waals surface area contributed by atoms with E-state index in [1.807, 2.05) is 0 Å². The van der Waals surface area contributed by atoms with Crippen LogP contribution in [0.5, 0.6) is 5.75 Å². The largest absolute Gasteiger partial charge is 0.496 e. The number of hydrogen-bond donors (Lipinski definition) is 1. The Morgan fingerprint density at radius 3 is 2.56 bits per heavy atom. The third-order valence-electron chi connectivity index (χ3n) is 2.46. The van der Waals surface area contributed by atoms with E-state index in [1.165, 1.54) is 26.4 Å². The first-order valence-electron chi connectivity index (χ1n) is 5.16. The average Bonchev–Trinajstić information content (AvgIpc) is 2.39. The molecule has 0 amide bonds. The quantitative estimate of drug-likeness (QED) is 0.803. The number of carbonyl (C=O) groups excluding carboxylic acids is 1. The Kier molecular flexibility index (Phi) is 5.06. The van der Waals surface area contributed by atoms with Gasteiger partial charge in [-0.2, -0.15) is 0 Å². The second kappa shape index (κ2) is 6.32. The number of aliphatic hydroxyl groups is 1. The minimum absolute atomic E-state index is 0.0310. The Morgan fingerprint density at radius 2 is 2.06 bits per heavy atom. The van der Waals surface area contributed by atoms with E-state index in [-0.39, 0.29) is 23.5 Å². The molecule has 1 aromatic carbocycles. The minimum Gasteiger partial charge on any atom is -0.496 e. The lowest BCUT2D eigenvalue weighted by Gasteiger charge is -2.15. The lowest BCUT2D eigenvalue weighted by atomic mass is 10.0. The third-order valence-corrected chi connectivity index (χ3v) is 2.46. The molecule has 5 nitrogen and oxygen atoms in total. The normalized spacial score (nSPS) is 12.1. The second-order valence-corrected chi connectivity index (χ2v) is 3.51. The Labute approximate surface area is 104 Å². The molecule has 1 unspecified atom stereocenters. The molecule has 0 saturated carbocycles. The van der Waals surface area contributed by atoms with Gasteiger partial charge in [0.2, 0.25) is 0 Å². The van der Waals surface area contributed by atoms with Crippen LogP contribution in [0.3, 0.4) is 0 Å². The Balaban J connectivity index is 3.22. The minimum atomic E-state index is -1.67. The highest BCUT2D eigenvalue weighted by Gasteiger charge is 2.24. The summed E-state index contributed by atoms with van der Waals surface area (Å²) in [6.45, 7) is -0.0310. The lowest BCUT2D eigenvalue weighted by Crippen LogP contribution is -2.16. The SMILES string of the molecule is COCc1c(OC)ccc(C(O)C(=O)OC)c1F. The fourth-order valence-electron chi connectivity index (χ4n) is 1.54. The summed E-state index contributed by atoms with van der Waals surface area (Å²) in [4.78, 5) is 11.2. The first kappa shape index (κ1) is 14.4. The van der Waals surface area contributed by atoms with Crippen molar-refractivity contribution in [2.45, 2.75) is 12.7 Å². The molecule has 0 spiro atoms. The van der Waals surface area contributed by atoms with Crippen molar-refractivity contribution in [2.75, 3.05) is 21.3 Å². The highest BCUT2D eigenvalue weighted by atomic mass is 19.1. The average molecular weight is 258 g/mol. The van der Waals surface area contributed by atoms with Crippen LogP contribution in [0.2, 0.25) is 0 Å². The van der Waals surface area contributed by atoms with Crippen LogP contribution in [0.15, 0.2) is 12.1 Å². The van der Waals surface area contributed by atoms with Crippen LogP contribution in [-0.4, -0.2) is 32.4 Å². The fraction of sp³-hybridized carbons (Fsp3) is 0.417. The van der Waals surface area contributed by atoms with Crippen molar-refractivity contribution in [1.82, 2.24) is 0 Å². The van der Waals surface area contributed by atoms with Crippen LogP contribution in [-0.2, 0) is 20.9 Å². The molecule has 18 heavy (non-hydrogen) atoms. The standard InChI is InChI=1S/C12H15FO5/c1-16-6-8-9(17-2)5-4-7(10(8)13)11(14)12(15)18-3/h4-5,11,14H,6H2,1-3H3. The predicted molar refractivity (Wildman–Crippen MR) is 60.6 cm³/mol. The summed E-state index contributed by atoms with van der Waals surface area (Å²) >= 11 is 0. The Bertz CT molecular complexity index is 433. The number of aliphatic hydroxyl groups excluding tert-OH is 1. The van der Waals surface area contributed by atoms with Gasteiger partial charge < -0.3 is 19.3 Å². The highest BCUT2D eigenvalue weighted by Crippen LogP contribution is 2.28. The van der Waals surface area contributed by atoms with Crippen LogP contribution in [0.4, 0.5) is 4.39 Å². The summed E-state index contributed by atoms with van der Waals surface area (Å²) in [5.74, 6) is -1.38. The van der Waals surface area contributed by atoms with E-state index >= 15 is 0 Å². The number of benzene rings is 1. The third kappa shape index (κ3) is 2.77. The van der Waals surface area contributed by atoms with Crippen LogP contribution >= 0.6 is 0 Å². The summed E-state index contributed by atoms with van der Waals surface area (Å²) < 4.78 is 28.3. The first-order valence-corrected chi connectivity index (χ1v) is 5.16. The molecule has 0 heterocycles. The summed E-state index contributed by atoms with van der Waals surface area (Å²) in [6, 6.07) is 2.73. The zero-order valence-electron chi connectivity index (χ0n) is 10.4. The molecule has 0 saturated heterocycles. The van der Waals surface area contributed by atoms with Crippen molar-refractivity contribution in [1.29, 1.82) is 0 Å². The second-order valence-electron chi connectivity index (χ2n) is 3.51. The fourth-order valence-corrected chi connectivity index (χ4v) is 1.54. The maximum absolute atomic E-state index is 14.1. The van der Waals surface area contributed by atoms with Gasteiger partial charge in [-0.05, 0) is 12.1 Å². The maximum atomic E-state index is 14.1. The van der Waals surface area contributed by atoms with Gasteiger partial charge in [-0.25, -0.2) is 9.18 Å². The van der Waals surface area contributed by atoms with E-state index in [2.05, 4.69) is 4.74 Å². The molecule has 0 bridgehead atoms. The molecule has 0 aliphatic carbocycles. The summed E-state index contributed by atoms with van der Waals surface area (Å²) in [7, 11) is 3.91. The molecule has 6 heteroatoms. The van der Waals surface area contributed by atoms with Gasteiger partial charge >= 0.3 is 5.97 Å². The lowest BCUT2D eigenvalue weighted by molar-refractivity contribution is -0.150. The summed E-state index contributed by atoms with van der Waals surface area (Å²) in [5.41, 5.74) is -0.0323. The monoisotopic (exact) mass is 258 g/mol. The van der Waals surface area contributed by atoms with Crippen molar-refractivity contribution in [2.24, 2.45) is 0 Å². The molecule has 100 valence electrons. The van der Waals surface area contributed by atoms with Crippen molar-refractivity contribution in [3.05, 3.63) is 29.1 Å². The van der Waals surface area contributed by atoms with Gasteiger partial charge in [0.15, 0.2) is 6.10 Å². The van der Waals surface area contributed by atoms with Crippen LogP contribution in [0.25, 0.3) is 0 Å². The van der Waals surface area contributed by atoms with Crippen molar-refractivity contribution < 1.29 is 28.5 Å². The number of methoxy groups -OCH3 is 3. The molecule has 1 rings (SSSR count). The molecular formula is C12H15FO5. The van der Waals surface area contributed by atoms with E-state index in [4.69, 9.17) is 9.47 Å². The van der Waals surface area contributed by atoms with Gasteiger partial charge in [0.05, 0.1) is 26.4 Å². The van der Waals surface area contributed by atoms with Crippen molar-refractivity contribution in [3.63, 3.8) is 0 Å². The number of hydrogen-bond acceptors (Lipinski definition) is 5. The number of esters is 1. The van der Waals surface area contributed by atoms with Gasteiger partial charge in [-0.15, -0.1) is 0 Å². The first-order chi connectivity index (χ1) is 8.56. The molecule has 0 aliphatic rings. The maximum Gasteiger partial charge on any atom is 0.339 e. The molecule has 1 atom stereocenters. The smallest absolute Gasteiger partial charge is 0.339 e. The van der Waals surface area contributed by atoms with Gasteiger partial charge in [0.25, 0.3) is 0 Å². The van der Waals surface area contributed by atoms with Crippen LogP contribution in [0, 0.1) is 5.82 Å². The molecule has 0 fully saturated rings. The van der Waals surface area contributed by atoms with Gasteiger partial charge in [0.1, 0.15) is 11.6 Å². The molecule has 0 radical (unpaired) electrons.